The molecule has 0 saturated heterocycles. The molecular formula is C59H52BN3. The Kier molecular flexibility index (Phi) is 8.51. The molecule has 3 aliphatic heterocycles. The molecule has 12 rings (SSSR count). The van der Waals surface area contributed by atoms with Gasteiger partial charge in [-0.1, -0.05) is 173 Å². The summed E-state index contributed by atoms with van der Waals surface area (Å²) in [5.41, 5.74) is 19.9. The van der Waals surface area contributed by atoms with Crippen molar-refractivity contribution in [2.24, 2.45) is 5.41 Å². The molecule has 0 spiro atoms. The number of hydrogen-bond acceptors (Lipinski definition) is 3. The van der Waals surface area contributed by atoms with Crippen LogP contribution in [0.4, 0.5) is 45.5 Å². The van der Waals surface area contributed by atoms with E-state index in [2.05, 4.69) is 237 Å². The molecule has 0 aromatic heterocycles. The van der Waals surface area contributed by atoms with Gasteiger partial charge in [0.15, 0.2) is 0 Å². The van der Waals surface area contributed by atoms with Crippen molar-refractivity contribution in [2.75, 3.05) is 14.7 Å². The molecule has 63 heavy (non-hydrogen) atoms. The van der Waals surface area contributed by atoms with Gasteiger partial charge in [0.05, 0.1) is 0 Å². The lowest BCUT2D eigenvalue weighted by Crippen LogP contribution is -2.67. The first kappa shape index (κ1) is 37.9. The fraction of sp³-hybridized carbons (Fsp3) is 0.186. The highest BCUT2D eigenvalue weighted by molar-refractivity contribution is 7.00. The van der Waals surface area contributed by atoms with E-state index in [-0.39, 0.29) is 23.1 Å². The van der Waals surface area contributed by atoms with Crippen molar-refractivity contribution in [1.29, 1.82) is 0 Å². The third kappa shape index (κ3) is 5.46. The molecule has 4 aliphatic rings. The molecule has 8 aromatic rings. The smallest absolute Gasteiger partial charge is 0.252 e. The van der Waals surface area contributed by atoms with Gasteiger partial charge in [-0.3, -0.25) is 0 Å². The van der Waals surface area contributed by atoms with Crippen molar-refractivity contribution < 1.29 is 0 Å². The van der Waals surface area contributed by atoms with Crippen LogP contribution >= 0.6 is 0 Å². The monoisotopic (exact) mass is 813 g/mol. The highest BCUT2D eigenvalue weighted by Crippen LogP contribution is 2.65. The van der Waals surface area contributed by atoms with Crippen molar-refractivity contribution in [3.8, 4) is 22.3 Å². The molecule has 8 aromatic carbocycles. The van der Waals surface area contributed by atoms with Crippen LogP contribution in [-0.2, 0) is 5.41 Å². The summed E-state index contributed by atoms with van der Waals surface area (Å²) in [6.45, 7) is 10.2. The minimum Gasteiger partial charge on any atom is -0.335 e. The Labute approximate surface area is 373 Å². The van der Waals surface area contributed by atoms with E-state index in [1.165, 1.54) is 103 Å². The maximum atomic E-state index is 2.80. The third-order valence-corrected chi connectivity index (χ3v) is 16.0. The van der Waals surface area contributed by atoms with Crippen molar-refractivity contribution in [3.05, 3.63) is 200 Å². The van der Waals surface area contributed by atoms with E-state index in [9.17, 15) is 0 Å². The standard InChI is InChI=1S/C59H52BN3/c1-57(2)48-29-14-16-31-51(48)63(59(4)36-19-18-35-58(57,59)3)47-39-54-56-55(40-47)62(46-28-20-25-43(37-46)41-21-8-5-9-22-41)53-38-44(42-23-10-6-11-24-42)33-34-50(53)60(56)49-30-15-17-32-52(49)61(54)45-26-12-7-13-27-45/h5-17,20-34,37-40H,18-19,35-36H2,1-4H3. The maximum absolute atomic E-state index is 2.80. The fourth-order valence-corrected chi connectivity index (χ4v) is 12.5. The second-order valence-electron chi connectivity index (χ2n) is 19.2. The van der Waals surface area contributed by atoms with Crippen LogP contribution in [0.2, 0.25) is 0 Å². The van der Waals surface area contributed by atoms with Gasteiger partial charge in [0.1, 0.15) is 0 Å². The summed E-state index contributed by atoms with van der Waals surface area (Å²) in [5.74, 6) is 0. The van der Waals surface area contributed by atoms with Crippen LogP contribution in [0.15, 0.2) is 194 Å². The molecule has 2 unspecified atom stereocenters. The van der Waals surface area contributed by atoms with Crippen LogP contribution in [0, 0.1) is 5.41 Å². The Balaban J connectivity index is 1.20. The summed E-state index contributed by atoms with van der Waals surface area (Å²) in [7, 11) is 0. The number of anilines is 8. The molecule has 0 bridgehead atoms. The summed E-state index contributed by atoms with van der Waals surface area (Å²) in [5, 5.41) is 0. The van der Waals surface area contributed by atoms with E-state index >= 15 is 0 Å². The summed E-state index contributed by atoms with van der Waals surface area (Å²) < 4.78 is 0. The second-order valence-corrected chi connectivity index (χ2v) is 19.2. The van der Waals surface area contributed by atoms with Gasteiger partial charge in [-0.05, 0) is 124 Å². The molecule has 1 saturated carbocycles. The molecule has 3 nitrogen and oxygen atoms in total. The first-order valence-electron chi connectivity index (χ1n) is 22.9. The average Bonchev–Trinajstić information content (AvgIpc) is 3.33. The summed E-state index contributed by atoms with van der Waals surface area (Å²) in [4.78, 5) is 7.96. The highest BCUT2D eigenvalue weighted by Gasteiger charge is 2.62. The Hall–Kier alpha value is -6.78. The number of benzene rings is 8. The maximum Gasteiger partial charge on any atom is 0.252 e. The minimum absolute atomic E-state index is 0.0193. The zero-order valence-corrected chi connectivity index (χ0v) is 36.7. The van der Waals surface area contributed by atoms with Gasteiger partial charge in [0, 0.05) is 56.5 Å². The molecule has 1 fully saturated rings. The third-order valence-electron chi connectivity index (χ3n) is 16.0. The Morgan fingerprint density at radius 1 is 0.397 bits per heavy atom. The van der Waals surface area contributed by atoms with E-state index in [0.29, 0.717) is 0 Å². The Bertz CT molecular complexity index is 3050. The Morgan fingerprint density at radius 2 is 0.937 bits per heavy atom. The van der Waals surface area contributed by atoms with Crippen molar-refractivity contribution >= 4 is 68.6 Å². The van der Waals surface area contributed by atoms with E-state index < -0.39 is 0 Å². The lowest BCUT2D eigenvalue weighted by atomic mass is 9.33. The van der Waals surface area contributed by atoms with Crippen LogP contribution in [0.1, 0.15) is 58.9 Å². The van der Waals surface area contributed by atoms with Crippen LogP contribution in [0.3, 0.4) is 0 Å². The zero-order chi connectivity index (χ0) is 42.5. The number of nitrogens with zero attached hydrogens (tertiary/aromatic N) is 3. The van der Waals surface area contributed by atoms with Gasteiger partial charge in [-0.25, -0.2) is 0 Å². The molecule has 2 atom stereocenters. The molecule has 3 heterocycles. The lowest BCUT2D eigenvalue weighted by Gasteiger charge is -2.66. The topological polar surface area (TPSA) is 9.72 Å². The zero-order valence-electron chi connectivity index (χ0n) is 36.7. The van der Waals surface area contributed by atoms with E-state index in [4.69, 9.17) is 0 Å². The molecule has 306 valence electrons. The first-order valence-corrected chi connectivity index (χ1v) is 22.9. The van der Waals surface area contributed by atoms with Gasteiger partial charge in [-0.15, -0.1) is 0 Å². The quantitative estimate of drug-likeness (QED) is 0.160. The molecule has 0 radical (unpaired) electrons. The molecule has 4 heteroatoms. The largest absolute Gasteiger partial charge is 0.335 e. The van der Waals surface area contributed by atoms with E-state index in [1.54, 1.807) is 0 Å². The molecule has 1 aliphatic carbocycles. The summed E-state index contributed by atoms with van der Waals surface area (Å²) >= 11 is 0. The number of hydrogen-bond donors (Lipinski definition) is 0. The number of fused-ring (bicyclic) bond motifs is 6. The van der Waals surface area contributed by atoms with Crippen molar-refractivity contribution in [2.45, 2.75) is 64.3 Å². The molecule has 0 amide bonds. The lowest BCUT2D eigenvalue weighted by molar-refractivity contribution is 0.0106. The van der Waals surface area contributed by atoms with E-state index in [0.717, 1.165) is 12.1 Å². The summed E-state index contributed by atoms with van der Waals surface area (Å²) in [6, 6.07) is 72.8. The highest BCUT2D eigenvalue weighted by atomic mass is 15.3. The van der Waals surface area contributed by atoms with Gasteiger partial charge < -0.3 is 14.7 Å². The van der Waals surface area contributed by atoms with Crippen LogP contribution in [-0.4, -0.2) is 12.3 Å². The van der Waals surface area contributed by atoms with Crippen LogP contribution in [0.25, 0.3) is 22.3 Å². The predicted molar refractivity (Wildman–Crippen MR) is 268 cm³/mol. The average molecular weight is 814 g/mol. The Morgan fingerprint density at radius 3 is 1.65 bits per heavy atom. The molecule has 0 N–H and O–H groups in total. The van der Waals surface area contributed by atoms with Crippen molar-refractivity contribution in [1.82, 2.24) is 0 Å². The predicted octanol–water partition coefficient (Wildman–Crippen LogP) is 13.9. The minimum atomic E-state index is -0.140. The molecular weight excluding hydrogens is 761 g/mol. The number of para-hydroxylation sites is 3. The normalized spacial score (nSPS) is 20.3. The van der Waals surface area contributed by atoms with Gasteiger partial charge in [-0.2, -0.15) is 0 Å². The fourth-order valence-electron chi connectivity index (χ4n) is 12.5. The van der Waals surface area contributed by atoms with Crippen LogP contribution < -0.4 is 31.1 Å². The van der Waals surface area contributed by atoms with Gasteiger partial charge in [0.2, 0.25) is 0 Å². The second kappa shape index (κ2) is 14.1. The van der Waals surface area contributed by atoms with Gasteiger partial charge in [0.25, 0.3) is 6.71 Å². The van der Waals surface area contributed by atoms with Crippen LogP contribution in [0.5, 0.6) is 0 Å². The first-order chi connectivity index (χ1) is 30.8. The van der Waals surface area contributed by atoms with Gasteiger partial charge >= 0.3 is 0 Å². The summed E-state index contributed by atoms with van der Waals surface area (Å²) in [6.07, 6.45) is 4.80. The number of rotatable bonds is 5. The SMILES string of the molecule is CC1(C)c2ccccc2N(c2cc3c4c(c2)N(c2cccc(-c5ccccc5)c2)c2cc(-c5ccccc5)ccc2B4c2ccccc2N3c2ccccc2)C2(C)CCCCC12C. The van der Waals surface area contributed by atoms with E-state index in [1.807, 2.05) is 0 Å². The van der Waals surface area contributed by atoms with Crippen molar-refractivity contribution in [3.63, 3.8) is 0 Å².